The molecule has 0 bridgehead atoms. The maximum absolute atomic E-state index is 12.8. The number of hydrogen-bond donors (Lipinski definition) is 1. The van der Waals surface area contributed by atoms with E-state index in [1.54, 1.807) is 43.5 Å². The van der Waals surface area contributed by atoms with E-state index in [2.05, 4.69) is 5.32 Å². The van der Waals surface area contributed by atoms with Crippen molar-refractivity contribution < 1.29 is 23.7 Å². The summed E-state index contributed by atoms with van der Waals surface area (Å²) in [6.07, 6.45) is 0. The van der Waals surface area contributed by atoms with Crippen molar-refractivity contribution in [2.75, 3.05) is 25.6 Å². The van der Waals surface area contributed by atoms with Gasteiger partial charge in [-0.2, -0.15) is 0 Å². The van der Waals surface area contributed by atoms with Gasteiger partial charge in [-0.1, -0.05) is 18.2 Å². The molecule has 1 aliphatic rings. The minimum absolute atomic E-state index is 0.230. The number of para-hydroxylation sites is 1. The largest absolute Gasteiger partial charge is 0.496 e. The number of anilines is 1. The van der Waals surface area contributed by atoms with E-state index in [4.69, 9.17) is 18.9 Å². The zero-order valence-corrected chi connectivity index (χ0v) is 16.9. The van der Waals surface area contributed by atoms with Gasteiger partial charge in [-0.15, -0.1) is 0 Å². The molecule has 0 fully saturated rings. The van der Waals surface area contributed by atoms with Crippen LogP contribution in [-0.4, -0.2) is 26.2 Å². The van der Waals surface area contributed by atoms with Crippen molar-refractivity contribution in [3.8, 4) is 23.0 Å². The number of rotatable bonds is 6. The summed E-state index contributed by atoms with van der Waals surface area (Å²) in [7, 11) is 1.60. The highest BCUT2D eigenvalue weighted by atomic mass is 16.6. The number of nitrogens with one attached hydrogen (secondary N) is 1. The molecular formula is C24H23NO5. The fourth-order valence-electron chi connectivity index (χ4n) is 3.23. The first-order chi connectivity index (χ1) is 14.6. The van der Waals surface area contributed by atoms with E-state index in [1.165, 1.54) is 0 Å². The summed E-state index contributed by atoms with van der Waals surface area (Å²) in [5.41, 5.74) is 2.98. The Hall–Kier alpha value is -3.67. The van der Waals surface area contributed by atoms with Crippen molar-refractivity contribution in [3.63, 3.8) is 0 Å². The molecule has 1 heterocycles. The molecule has 3 aromatic rings. The molecule has 0 aliphatic carbocycles. The van der Waals surface area contributed by atoms with Crippen LogP contribution in [0.2, 0.25) is 0 Å². The van der Waals surface area contributed by atoms with Crippen molar-refractivity contribution >= 4 is 11.6 Å². The van der Waals surface area contributed by atoms with Gasteiger partial charge in [-0.25, -0.2) is 0 Å². The monoisotopic (exact) mass is 405 g/mol. The van der Waals surface area contributed by atoms with Crippen LogP contribution in [0.3, 0.4) is 0 Å². The molecule has 1 N–H and O–H groups in total. The minimum Gasteiger partial charge on any atom is -0.496 e. The predicted molar refractivity (Wildman–Crippen MR) is 114 cm³/mol. The molecule has 1 amide bonds. The molecule has 30 heavy (non-hydrogen) atoms. The Balaban J connectivity index is 1.50. The van der Waals surface area contributed by atoms with Crippen LogP contribution in [-0.2, 0) is 6.61 Å². The third-order valence-electron chi connectivity index (χ3n) is 4.82. The van der Waals surface area contributed by atoms with Gasteiger partial charge in [0.15, 0.2) is 11.5 Å². The van der Waals surface area contributed by atoms with Crippen molar-refractivity contribution in [2.24, 2.45) is 0 Å². The second kappa shape index (κ2) is 8.78. The predicted octanol–water partition coefficient (Wildman–Crippen LogP) is 4.61. The molecule has 0 radical (unpaired) electrons. The van der Waals surface area contributed by atoms with Crippen molar-refractivity contribution in [3.05, 3.63) is 77.4 Å². The van der Waals surface area contributed by atoms with Crippen molar-refractivity contribution in [1.29, 1.82) is 0 Å². The Bertz CT molecular complexity index is 1060. The molecule has 6 heteroatoms. The van der Waals surface area contributed by atoms with E-state index in [-0.39, 0.29) is 5.91 Å². The summed E-state index contributed by atoms with van der Waals surface area (Å²) in [4.78, 5) is 12.8. The Morgan fingerprint density at radius 3 is 2.57 bits per heavy atom. The Morgan fingerprint density at radius 2 is 1.77 bits per heavy atom. The maximum Gasteiger partial charge on any atom is 0.255 e. The van der Waals surface area contributed by atoms with Gasteiger partial charge in [0.2, 0.25) is 0 Å². The average Bonchev–Trinajstić information content (AvgIpc) is 2.78. The topological polar surface area (TPSA) is 66.0 Å². The molecule has 0 atom stereocenters. The van der Waals surface area contributed by atoms with E-state index >= 15 is 0 Å². The number of hydrogen-bond acceptors (Lipinski definition) is 5. The average molecular weight is 405 g/mol. The zero-order valence-electron chi connectivity index (χ0n) is 16.9. The Morgan fingerprint density at radius 1 is 0.967 bits per heavy atom. The van der Waals surface area contributed by atoms with E-state index in [0.717, 1.165) is 16.9 Å². The van der Waals surface area contributed by atoms with Gasteiger partial charge in [0, 0.05) is 22.9 Å². The summed E-state index contributed by atoms with van der Waals surface area (Å²) in [5, 5.41) is 2.90. The van der Waals surface area contributed by atoms with Gasteiger partial charge in [0.25, 0.3) is 5.91 Å². The number of amides is 1. The second-order valence-corrected chi connectivity index (χ2v) is 6.89. The lowest BCUT2D eigenvalue weighted by Gasteiger charge is -2.19. The van der Waals surface area contributed by atoms with Crippen LogP contribution >= 0.6 is 0 Å². The number of carbonyl (C=O) groups excluding carboxylic acids is 1. The molecule has 0 aromatic heterocycles. The molecular weight excluding hydrogens is 382 g/mol. The van der Waals surface area contributed by atoms with Crippen LogP contribution in [0.4, 0.5) is 5.69 Å². The number of ether oxygens (including phenoxy) is 4. The maximum atomic E-state index is 12.8. The molecule has 0 saturated carbocycles. The number of fused-ring (bicyclic) bond motifs is 1. The molecule has 0 spiro atoms. The van der Waals surface area contributed by atoms with Crippen LogP contribution in [0, 0.1) is 6.92 Å². The third kappa shape index (κ3) is 4.33. The van der Waals surface area contributed by atoms with Crippen molar-refractivity contribution in [2.45, 2.75) is 13.5 Å². The molecule has 1 aliphatic heterocycles. The molecule has 0 unspecified atom stereocenters. The molecule has 3 aromatic carbocycles. The first kappa shape index (κ1) is 19.6. The summed E-state index contributed by atoms with van der Waals surface area (Å²) in [5.74, 6) is 2.54. The number of benzene rings is 3. The van der Waals surface area contributed by atoms with Gasteiger partial charge in [-0.3, -0.25) is 4.79 Å². The highest BCUT2D eigenvalue weighted by Gasteiger charge is 2.15. The van der Waals surface area contributed by atoms with Gasteiger partial charge >= 0.3 is 0 Å². The second-order valence-electron chi connectivity index (χ2n) is 6.89. The first-order valence-electron chi connectivity index (χ1n) is 9.70. The fraction of sp³-hybridized carbons (Fsp3) is 0.208. The van der Waals surface area contributed by atoms with Crippen molar-refractivity contribution in [1.82, 2.24) is 0 Å². The van der Waals surface area contributed by atoms with E-state index < -0.39 is 0 Å². The van der Waals surface area contributed by atoms with Gasteiger partial charge < -0.3 is 24.3 Å². The smallest absolute Gasteiger partial charge is 0.255 e. The van der Waals surface area contributed by atoms with Gasteiger partial charge in [0.05, 0.1) is 7.11 Å². The highest BCUT2D eigenvalue weighted by molar-refractivity contribution is 6.04. The first-order valence-corrected chi connectivity index (χ1v) is 9.70. The summed E-state index contributed by atoms with van der Waals surface area (Å²) >= 11 is 0. The van der Waals surface area contributed by atoms with Crippen LogP contribution < -0.4 is 24.3 Å². The summed E-state index contributed by atoms with van der Waals surface area (Å²) in [6.45, 7) is 3.30. The van der Waals surface area contributed by atoms with E-state index in [9.17, 15) is 4.79 Å². The van der Waals surface area contributed by atoms with E-state index in [1.807, 2.05) is 31.2 Å². The minimum atomic E-state index is -0.230. The SMILES string of the molecule is COc1ccc(C(=O)Nc2ccc3c(c2)OCCO3)cc1COc1ccccc1C. The summed E-state index contributed by atoms with van der Waals surface area (Å²) < 4.78 is 22.5. The molecule has 6 nitrogen and oxygen atoms in total. The fourth-order valence-corrected chi connectivity index (χ4v) is 3.23. The number of carbonyl (C=O) groups is 1. The van der Waals surface area contributed by atoms with Gasteiger partial charge in [0.1, 0.15) is 31.3 Å². The lowest BCUT2D eigenvalue weighted by molar-refractivity contribution is 0.102. The number of aryl methyl sites for hydroxylation is 1. The van der Waals surface area contributed by atoms with E-state index in [0.29, 0.717) is 48.3 Å². The molecule has 4 rings (SSSR count). The quantitative estimate of drug-likeness (QED) is 0.649. The van der Waals surface area contributed by atoms with Crippen LogP contribution in [0.5, 0.6) is 23.0 Å². The summed E-state index contributed by atoms with van der Waals surface area (Å²) in [6, 6.07) is 18.4. The number of methoxy groups -OCH3 is 1. The zero-order chi connectivity index (χ0) is 20.9. The van der Waals surface area contributed by atoms with Crippen LogP contribution in [0.25, 0.3) is 0 Å². The normalized spacial score (nSPS) is 12.2. The lowest BCUT2D eigenvalue weighted by atomic mass is 10.1. The Labute approximate surface area is 175 Å². The van der Waals surface area contributed by atoms with Crippen LogP contribution in [0.1, 0.15) is 21.5 Å². The molecule has 154 valence electrons. The standard InChI is InChI=1S/C24H23NO5/c1-16-5-3-4-6-20(16)30-15-18-13-17(7-9-21(18)27-2)24(26)25-19-8-10-22-23(14-19)29-12-11-28-22/h3-10,13-14H,11-12,15H2,1-2H3,(H,25,26). The molecule has 0 saturated heterocycles. The highest BCUT2D eigenvalue weighted by Crippen LogP contribution is 2.33. The third-order valence-corrected chi connectivity index (χ3v) is 4.82. The lowest BCUT2D eigenvalue weighted by Crippen LogP contribution is -2.16. The Kier molecular flexibility index (Phi) is 5.75. The van der Waals surface area contributed by atoms with Crippen LogP contribution in [0.15, 0.2) is 60.7 Å². The van der Waals surface area contributed by atoms with Gasteiger partial charge in [-0.05, 0) is 48.9 Å².